The summed E-state index contributed by atoms with van der Waals surface area (Å²) < 4.78 is 42.2. The van der Waals surface area contributed by atoms with Gasteiger partial charge in [-0.1, -0.05) is 12.1 Å². The first kappa shape index (κ1) is 19.8. The standard InChI is InChI=1S/C23H19F3N2O3/c24-14-6-8-18-16(9-14)20-19(28(18)17-4-2-1-3-15(17)22(30)31)7-5-13(21(20)29)10-27-11-23(25,26)12-27/h1-4,6,8-9,13H,5,7,10-12H2,(H,30,31). The lowest BCUT2D eigenvalue weighted by molar-refractivity contribution is -0.133. The van der Waals surface area contributed by atoms with E-state index in [1.165, 1.54) is 18.2 Å². The quantitative estimate of drug-likeness (QED) is 0.678. The summed E-state index contributed by atoms with van der Waals surface area (Å²) in [4.78, 5) is 26.7. The van der Waals surface area contributed by atoms with Crippen LogP contribution in [0, 0.1) is 11.7 Å². The Balaban J connectivity index is 1.63. The second-order valence-electron chi connectivity index (χ2n) is 8.27. The molecule has 1 aliphatic heterocycles. The van der Waals surface area contributed by atoms with Gasteiger partial charge in [0.15, 0.2) is 5.78 Å². The van der Waals surface area contributed by atoms with Crippen molar-refractivity contribution in [1.82, 2.24) is 9.47 Å². The van der Waals surface area contributed by atoms with Gasteiger partial charge in [0.05, 0.1) is 29.9 Å². The maximum Gasteiger partial charge on any atom is 0.337 e. The fourth-order valence-electron chi connectivity index (χ4n) is 4.82. The molecule has 2 heterocycles. The summed E-state index contributed by atoms with van der Waals surface area (Å²) in [6.45, 7) is -0.473. The fraction of sp³-hybridized carbons (Fsp3) is 0.304. The molecule has 0 amide bonds. The predicted molar refractivity (Wildman–Crippen MR) is 108 cm³/mol. The smallest absolute Gasteiger partial charge is 0.337 e. The third-order valence-electron chi connectivity index (χ3n) is 6.14. The monoisotopic (exact) mass is 428 g/mol. The Morgan fingerprint density at radius 2 is 1.90 bits per heavy atom. The molecule has 0 bridgehead atoms. The van der Waals surface area contributed by atoms with Crippen LogP contribution >= 0.6 is 0 Å². The molecule has 0 saturated carbocycles. The molecule has 1 atom stereocenters. The Hall–Kier alpha value is -3.13. The Morgan fingerprint density at radius 3 is 2.61 bits per heavy atom. The van der Waals surface area contributed by atoms with Crippen LogP contribution in [-0.4, -0.2) is 51.9 Å². The van der Waals surface area contributed by atoms with Gasteiger partial charge in [0.1, 0.15) is 5.82 Å². The molecule has 0 radical (unpaired) electrons. The average molecular weight is 428 g/mol. The highest BCUT2D eigenvalue weighted by molar-refractivity contribution is 6.12. The maximum atomic E-state index is 14.1. The van der Waals surface area contributed by atoms with Gasteiger partial charge in [-0.2, -0.15) is 0 Å². The van der Waals surface area contributed by atoms with E-state index in [0.29, 0.717) is 40.7 Å². The number of rotatable bonds is 4. The van der Waals surface area contributed by atoms with Crippen LogP contribution in [0.5, 0.6) is 0 Å². The lowest BCUT2D eigenvalue weighted by atomic mass is 9.84. The first-order valence-electron chi connectivity index (χ1n) is 10.0. The molecule has 3 aromatic rings. The number of Topliss-reactive ketones (excluding diaryl/α,β-unsaturated/α-hetero) is 1. The van der Waals surface area contributed by atoms with Crippen molar-refractivity contribution in [3.05, 3.63) is 65.1 Å². The molecule has 8 heteroatoms. The molecule has 160 valence electrons. The molecule has 1 unspecified atom stereocenters. The summed E-state index contributed by atoms with van der Waals surface area (Å²) in [7, 11) is 0. The summed E-state index contributed by atoms with van der Waals surface area (Å²) in [6, 6.07) is 10.6. The molecular formula is C23H19F3N2O3. The van der Waals surface area contributed by atoms with Crippen molar-refractivity contribution in [2.75, 3.05) is 19.6 Å². The van der Waals surface area contributed by atoms with Crippen molar-refractivity contribution in [3.63, 3.8) is 0 Å². The minimum absolute atomic E-state index is 0.0731. The topological polar surface area (TPSA) is 62.5 Å². The second kappa shape index (κ2) is 6.95. The largest absolute Gasteiger partial charge is 0.478 e. The lowest BCUT2D eigenvalue weighted by Crippen LogP contribution is -2.57. The highest BCUT2D eigenvalue weighted by Gasteiger charge is 2.45. The molecule has 1 saturated heterocycles. The van der Waals surface area contributed by atoms with Crippen LogP contribution in [0.25, 0.3) is 16.6 Å². The van der Waals surface area contributed by atoms with E-state index < -0.39 is 23.6 Å². The Labute approximate surface area is 175 Å². The van der Waals surface area contributed by atoms with E-state index in [1.54, 1.807) is 33.7 Å². The van der Waals surface area contributed by atoms with Crippen molar-refractivity contribution in [2.45, 2.75) is 18.8 Å². The Kier molecular flexibility index (Phi) is 4.44. The number of hydrogen-bond donors (Lipinski definition) is 1. The van der Waals surface area contributed by atoms with E-state index in [-0.39, 0.29) is 31.0 Å². The second-order valence-corrected chi connectivity index (χ2v) is 8.27. The number of carboxylic acids is 1. The number of carbonyl (C=O) groups excluding carboxylic acids is 1. The summed E-state index contributed by atoms with van der Waals surface area (Å²) in [5.41, 5.74) is 2.01. The minimum Gasteiger partial charge on any atom is -0.478 e. The Morgan fingerprint density at radius 1 is 1.16 bits per heavy atom. The number of ketones is 1. The summed E-state index contributed by atoms with van der Waals surface area (Å²) in [5.74, 6) is -4.98. The molecule has 31 heavy (non-hydrogen) atoms. The zero-order valence-corrected chi connectivity index (χ0v) is 16.4. The van der Waals surface area contributed by atoms with Crippen molar-refractivity contribution in [3.8, 4) is 5.69 Å². The normalized spacial score (nSPS) is 20.5. The third-order valence-corrected chi connectivity index (χ3v) is 6.14. The molecule has 5 nitrogen and oxygen atoms in total. The van der Waals surface area contributed by atoms with Gasteiger partial charge in [-0.25, -0.2) is 18.0 Å². The molecule has 1 fully saturated rings. The fourth-order valence-corrected chi connectivity index (χ4v) is 4.82. The number of carbonyl (C=O) groups is 2. The van der Waals surface area contributed by atoms with Crippen LogP contribution in [0.15, 0.2) is 42.5 Å². The number of halogens is 3. The van der Waals surface area contributed by atoms with E-state index in [0.717, 1.165) is 0 Å². The predicted octanol–water partition coefficient (Wildman–Crippen LogP) is 4.16. The third kappa shape index (κ3) is 3.22. The van der Waals surface area contributed by atoms with Gasteiger partial charge in [-0.05, 0) is 43.2 Å². The van der Waals surface area contributed by atoms with Gasteiger partial charge in [0.2, 0.25) is 0 Å². The number of benzene rings is 2. The van der Waals surface area contributed by atoms with E-state index in [9.17, 15) is 27.9 Å². The van der Waals surface area contributed by atoms with Crippen LogP contribution in [-0.2, 0) is 6.42 Å². The number of aromatic carboxylic acids is 1. The van der Waals surface area contributed by atoms with E-state index in [2.05, 4.69) is 0 Å². The molecule has 1 aromatic heterocycles. The van der Waals surface area contributed by atoms with Gasteiger partial charge in [-0.15, -0.1) is 0 Å². The minimum atomic E-state index is -2.71. The summed E-state index contributed by atoms with van der Waals surface area (Å²) in [5, 5.41) is 10.1. The van der Waals surface area contributed by atoms with Crippen molar-refractivity contribution < 1.29 is 27.9 Å². The van der Waals surface area contributed by atoms with E-state index in [1.807, 2.05) is 0 Å². The number of fused-ring (bicyclic) bond motifs is 3. The summed E-state index contributed by atoms with van der Waals surface area (Å²) in [6.07, 6.45) is 0.919. The lowest BCUT2D eigenvalue weighted by Gasteiger charge is -2.40. The average Bonchev–Trinajstić information content (AvgIpc) is 3.02. The molecule has 0 spiro atoms. The van der Waals surface area contributed by atoms with Crippen LogP contribution in [0.1, 0.15) is 32.8 Å². The molecular weight excluding hydrogens is 409 g/mol. The van der Waals surface area contributed by atoms with Crippen LogP contribution in [0.3, 0.4) is 0 Å². The molecule has 1 N–H and O–H groups in total. The zero-order chi connectivity index (χ0) is 21.9. The van der Waals surface area contributed by atoms with Gasteiger partial charge < -0.3 is 9.67 Å². The Bertz CT molecular complexity index is 1230. The van der Waals surface area contributed by atoms with Gasteiger partial charge in [0, 0.05) is 29.1 Å². The van der Waals surface area contributed by atoms with Crippen molar-refractivity contribution in [2.24, 2.45) is 5.92 Å². The van der Waals surface area contributed by atoms with Gasteiger partial charge in [-0.3, -0.25) is 9.69 Å². The van der Waals surface area contributed by atoms with Gasteiger partial charge >= 0.3 is 5.97 Å². The number of nitrogens with zero attached hydrogens (tertiary/aromatic N) is 2. The number of likely N-dealkylation sites (tertiary alicyclic amines) is 1. The zero-order valence-electron chi connectivity index (χ0n) is 16.4. The SMILES string of the molecule is O=C(O)c1ccccc1-n1c2c(c3cc(F)ccc31)C(=O)C(CN1CC(F)(F)C1)CC2. The van der Waals surface area contributed by atoms with Gasteiger partial charge in [0.25, 0.3) is 5.92 Å². The van der Waals surface area contributed by atoms with Crippen molar-refractivity contribution in [1.29, 1.82) is 0 Å². The van der Waals surface area contributed by atoms with E-state index >= 15 is 0 Å². The highest BCUT2D eigenvalue weighted by Crippen LogP contribution is 2.38. The number of para-hydroxylation sites is 1. The molecule has 2 aliphatic rings. The van der Waals surface area contributed by atoms with E-state index in [4.69, 9.17) is 0 Å². The molecule has 1 aliphatic carbocycles. The maximum absolute atomic E-state index is 14.1. The summed E-state index contributed by atoms with van der Waals surface area (Å²) >= 11 is 0. The van der Waals surface area contributed by atoms with Crippen LogP contribution < -0.4 is 0 Å². The number of alkyl halides is 2. The number of hydrogen-bond acceptors (Lipinski definition) is 3. The highest BCUT2D eigenvalue weighted by atomic mass is 19.3. The first-order chi connectivity index (χ1) is 14.7. The number of aromatic nitrogens is 1. The van der Waals surface area contributed by atoms with Crippen molar-refractivity contribution >= 4 is 22.7 Å². The number of carboxylic acid groups (broad SMARTS) is 1. The first-order valence-corrected chi connectivity index (χ1v) is 10.0. The van der Waals surface area contributed by atoms with Crippen LogP contribution in [0.4, 0.5) is 13.2 Å². The van der Waals surface area contributed by atoms with Crippen LogP contribution in [0.2, 0.25) is 0 Å². The molecule has 5 rings (SSSR count). The molecule has 2 aromatic carbocycles.